The fourth-order valence-electron chi connectivity index (χ4n) is 5.59. The summed E-state index contributed by atoms with van der Waals surface area (Å²) in [5, 5.41) is 23.6. The van der Waals surface area contributed by atoms with Crippen molar-refractivity contribution >= 4 is 35.6 Å². The van der Waals surface area contributed by atoms with Crippen LogP contribution in [0.4, 0.5) is 26.3 Å². The van der Waals surface area contributed by atoms with Crippen molar-refractivity contribution in [2.24, 2.45) is 17.2 Å². The van der Waals surface area contributed by atoms with Gasteiger partial charge in [-0.15, -0.1) is 0 Å². The van der Waals surface area contributed by atoms with Gasteiger partial charge in [0.25, 0.3) is 0 Å². The molecule has 0 spiro atoms. The van der Waals surface area contributed by atoms with E-state index in [0.717, 1.165) is 5.56 Å². The molecule has 2 aromatic rings. The standard InChI is InChI=1S/C34H46F3N7O6.C2HF3O2/c35-34(36,37)21-27(30(47)41-25(13-7-8-16-38)31(48)44-17-14-33(40,15-18-44)32(49)50)43-29(46)26(20-23-11-5-2-6-12-23)42-28(45)24(39)19-22-9-3-1-4-10-22;3-2(4,5)1(6)7/h1-6,9-12,24-27H,7-8,13-21,38-40H2,(H,41,47)(H,42,45)(H,43,46)(H,49,50);(H,6,7)/t24-,25-,26-,27?;/m1./s1. The van der Waals surface area contributed by atoms with Gasteiger partial charge in [0.1, 0.15) is 23.7 Å². The summed E-state index contributed by atoms with van der Waals surface area (Å²) < 4.78 is 73.1. The van der Waals surface area contributed by atoms with Gasteiger partial charge < -0.3 is 48.3 Å². The van der Waals surface area contributed by atoms with Crippen LogP contribution in [0.2, 0.25) is 0 Å². The van der Waals surface area contributed by atoms with Crippen molar-refractivity contribution in [2.45, 2.75) is 93.4 Å². The van der Waals surface area contributed by atoms with Crippen LogP contribution in [0.1, 0.15) is 49.7 Å². The molecule has 0 aromatic heterocycles. The van der Waals surface area contributed by atoms with Gasteiger partial charge in [0, 0.05) is 19.5 Å². The topological polar surface area (TPSA) is 260 Å². The van der Waals surface area contributed by atoms with Crippen LogP contribution in [-0.4, -0.2) is 112 Å². The molecule has 0 saturated carbocycles. The molecule has 0 radical (unpaired) electrons. The van der Waals surface area contributed by atoms with Crippen LogP contribution in [0.25, 0.3) is 0 Å². The van der Waals surface area contributed by atoms with Gasteiger partial charge in [0.05, 0.1) is 12.5 Å². The number of nitrogens with zero attached hydrogens (tertiary/aromatic N) is 1. The summed E-state index contributed by atoms with van der Waals surface area (Å²) in [6.45, 7) is 0.185. The number of aliphatic carboxylic acids is 2. The Morgan fingerprint density at radius 1 is 0.719 bits per heavy atom. The quantitative estimate of drug-likeness (QED) is 0.0835. The van der Waals surface area contributed by atoms with Crippen molar-refractivity contribution in [1.82, 2.24) is 20.9 Å². The summed E-state index contributed by atoms with van der Waals surface area (Å²) in [6, 6.07) is 11.4. The van der Waals surface area contributed by atoms with Gasteiger partial charge in [-0.3, -0.25) is 24.0 Å². The normalized spacial score (nSPS) is 16.1. The van der Waals surface area contributed by atoms with Crippen molar-refractivity contribution in [3.63, 3.8) is 0 Å². The van der Waals surface area contributed by atoms with Gasteiger partial charge in [-0.05, 0) is 56.2 Å². The summed E-state index contributed by atoms with van der Waals surface area (Å²) in [7, 11) is 0. The third-order valence-electron chi connectivity index (χ3n) is 8.82. The number of carbonyl (C=O) groups excluding carboxylic acids is 4. The number of amides is 4. The molecule has 1 aliphatic rings. The molecule has 0 bridgehead atoms. The van der Waals surface area contributed by atoms with E-state index in [2.05, 4.69) is 16.0 Å². The van der Waals surface area contributed by atoms with Crippen LogP contribution in [0, 0.1) is 0 Å². The van der Waals surface area contributed by atoms with Crippen LogP contribution in [-0.2, 0) is 41.6 Å². The molecule has 4 amide bonds. The number of carboxylic acids is 2. The molecule has 1 fully saturated rings. The highest BCUT2D eigenvalue weighted by molar-refractivity contribution is 5.95. The predicted molar refractivity (Wildman–Crippen MR) is 192 cm³/mol. The fraction of sp³-hybridized carbons (Fsp3) is 0.500. The Labute approximate surface area is 323 Å². The first kappa shape index (κ1) is 47.9. The molecular weight excluding hydrogens is 772 g/mol. The summed E-state index contributed by atoms with van der Waals surface area (Å²) in [5.74, 6) is -7.65. The molecule has 0 aliphatic carbocycles. The predicted octanol–water partition coefficient (Wildman–Crippen LogP) is 1.37. The molecule has 11 N–H and O–H groups in total. The number of alkyl halides is 6. The van der Waals surface area contributed by atoms with Gasteiger partial charge in [-0.25, -0.2) is 4.79 Å². The van der Waals surface area contributed by atoms with Crippen LogP contribution in [0.3, 0.4) is 0 Å². The smallest absolute Gasteiger partial charge is 0.480 e. The van der Waals surface area contributed by atoms with Gasteiger partial charge in [0.15, 0.2) is 0 Å². The number of hydrogen-bond acceptors (Lipinski definition) is 9. The lowest BCUT2D eigenvalue weighted by atomic mass is 9.88. The van der Waals surface area contributed by atoms with E-state index in [9.17, 15) is 55.4 Å². The minimum Gasteiger partial charge on any atom is -0.480 e. The number of likely N-dealkylation sites (tertiary alicyclic amines) is 1. The van der Waals surface area contributed by atoms with Crippen molar-refractivity contribution in [3.8, 4) is 0 Å². The number of unbranched alkanes of at least 4 members (excludes halogenated alkanes) is 1. The van der Waals surface area contributed by atoms with Crippen molar-refractivity contribution < 1.29 is 65.3 Å². The summed E-state index contributed by atoms with van der Waals surface area (Å²) >= 11 is 0. The molecule has 316 valence electrons. The highest BCUT2D eigenvalue weighted by Gasteiger charge is 2.42. The average Bonchev–Trinajstić information content (AvgIpc) is 3.14. The maximum absolute atomic E-state index is 13.8. The van der Waals surface area contributed by atoms with E-state index in [1.807, 2.05) is 0 Å². The van der Waals surface area contributed by atoms with Gasteiger partial charge in [0.2, 0.25) is 23.6 Å². The number of rotatable bonds is 17. The van der Waals surface area contributed by atoms with E-state index in [4.69, 9.17) is 27.1 Å². The third-order valence-corrected chi connectivity index (χ3v) is 8.82. The Balaban J connectivity index is 0.00000146. The molecule has 15 nitrogen and oxygen atoms in total. The first-order valence-corrected chi connectivity index (χ1v) is 17.7. The maximum atomic E-state index is 13.8. The van der Waals surface area contributed by atoms with Gasteiger partial charge in [-0.1, -0.05) is 60.7 Å². The number of halogens is 6. The van der Waals surface area contributed by atoms with E-state index in [0.29, 0.717) is 18.4 Å². The Morgan fingerprint density at radius 2 is 1.18 bits per heavy atom. The Morgan fingerprint density at radius 3 is 1.63 bits per heavy atom. The lowest BCUT2D eigenvalue weighted by Gasteiger charge is -2.38. The van der Waals surface area contributed by atoms with E-state index < -0.39 is 84.0 Å². The lowest BCUT2D eigenvalue weighted by Crippen LogP contribution is -2.61. The van der Waals surface area contributed by atoms with Crippen LogP contribution in [0.15, 0.2) is 60.7 Å². The molecule has 21 heteroatoms. The first-order valence-electron chi connectivity index (χ1n) is 17.7. The number of nitrogens with one attached hydrogen (secondary N) is 3. The zero-order valence-corrected chi connectivity index (χ0v) is 30.7. The zero-order chi connectivity index (χ0) is 43.0. The number of carbonyl (C=O) groups is 6. The Hall–Kier alpha value is -5.28. The van der Waals surface area contributed by atoms with Gasteiger partial charge >= 0.3 is 24.3 Å². The minimum absolute atomic E-state index is 0.0314. The van der Waals surface area contributed by atoms with E-state index in [1.165, 1.54) is 4.90 Å². The second-order valence-corrected chi connectivity index (χ2v) is 13.4. The molecule has 3 rings (SSSR count). The molecule has 57 heavy (non-hydrogen) atoms. The number of nitrogens with two attached hydrogens (primary N) is 3. The second-order valence-electron chi connectivity index (χ2n) is 13.4. The SMILES string of the molecule is NCCCC[C@@H](NC(=O)C(CC(F)(F)F)NC(=O)[C@@H](Cc1ccccc1)NC(=O)[C@H](N)Cc1ccccc1)C(=O)N1CCC(N)(C(=O)O)CC1.O=C(O)C(F)(F)F. The van der Waals surface area contributed by atoms with Crippen molar-refractivity contribution in [3.05, 3.63) is 71.8 Å². The van der Waals surface area contributed by atoms with Crippen molar-refractivity contribution in [2.75, 3.05) is 19.6 Å². The molecule has 2 aromatic carbocycles. The van der Waals surface area contributed by atoms with Crippen LogP contribution >= 0.6 is 0 Å². The fourth-order valence-corrected chi connectivity index (χ4v) is 5.59. The van der Waals surface area contributed by atoms with E-state index >= 15 is 0 Å². The number of hydrogen-bond donors (Lipinski definition) is 8. The molecular formula is C36H47F6N7O8. The largest absolute Gasteiger partial charge is 0.490 e. The Bertz CT molecular complexity index is 1640. The number of carboxylic acid groups (broad SMARTS) is 2. The molecule has 1 aliphatic heterocycles. The molecule has 1 heterocycles. The van der Waals surface area contributed by atoms with E-state index in [-0.39, 0.29) is 51.7 Å². The third kappa shape index (κ3) is 16.8. The van der Waals surface area contributed by atoms with E-state index in [1.54, 1.807) is 60.7 Å². The first-order chi connectivity index (χ1) is 26.6. The maximum Gasteiger partial charge on any atom is 0.490 e. The van der Waals surface area contributed by atoms with Crippen LogP contribution in [0.5, 0.6) is 0 Å². The Kier molecular flexibility index (Phi) is 18.4. The van der Waals surface area contributed by atoms with Crippen molar-refractivity contribution in [1.29, 1.82) is 0 Å². The zero-order valence-electron chi connectivity index (χ0n) is 30.7. The second kappa shape index (κ2) is 21.9. The number of piperidine rings is 1. The minimum atomic E-state index is -5.08. The summed E-state index contributed by atoms with van der Waals surface area (Å²) in [5.41, 5.74) is 17.4. The highest BCUT2D eigenvalue weighted by Crippen LogP contribution is 2.24. The van der Waals surface area contributed by atoms with Gasteiger partial charge in [-0.2, -0.15) is 26.3 Å². The monoisotopic (exact) mass is 819 g/mol. The molecule has 1 saturated heterocycles. The highest BCUT2D eigenvalue weighted by atomic mass is 19.4. The van der Waals surface area contributed by atoms with Crippen LogP contribution < -0.4 is 33.2 Å². The molecule has 4 atom stereocenters. The summed E-state index contributed by atoms with van der Waals surface area (Å²) in [4.78, 5) is 75.4. The molecule has 1 unspecified atom stereocenters. The number of benzene rings is 2. The average molecular weight is 820 g/mol. The lowest BCUT2D eigenvalue weighted by molar-refractivity contribution is -0.192. The summed E-state index contributed by atoms with van der Waals surface area (Å²) in [6.07, 6.45) is -11.0.